The summed E-state index contributed by atoms with van der Waals surface area (Å²) in [4.78, 5) is 18.6. The highest BCUT2D eigenvalue weighted by atomic mass is 32.1. The van der Waals surface area contributed by atoms with Crippen LogP contribution in [0.15, 0.2) is 35.8 Å². The second-order valence-electron chi connectivity index (χ2n) is 6.38. The van der Waals surface area contributed by atoms with Gasteiger partial charge in [0.05, 0.1) is 13.2 Å². The molecule has 0 saturated carbocycles. The molecule has 3 rings (SSSR count). The summed E-state index contributed by atoms with van der Waals surface area (Å²) in [7, 11) is 1.63. The number of benzene rings is 1. The summed E-state index contributed by atoms with van der Waals surface area (Å²) in [5, 5.41) is 13.4. The molecule has 0 spiro atoms. The minimum absolute atomic E-state index is 0.0412. The highest BCUT2D eigenvalue weighted by molar-refractivity contribution is 7.09. The summed E-state index contributed by atoms with van der Waals surface area (Å²) >= 11 is 1.42. The Morgan fingerprint density at radius 2 is 2.12 bits per heavy atom. The number of likely N-dealkylation sites (tertiary alicyclic amines) is 1. The highest BCUT2D eigenvalue weighted by Gasteiger charge is 2.44. The number of ether oxygens (including phenoxy) is 1. The van der Waals surface area contributed by atoms with Crippen molar-refractivity contribution in [3.8, 4) is 5.75 Å². The highest BCUT2D eigenvalue weighted by Crippen LogP contribution is 2.39. The van der Waals surface area contributed by atoms with Crippen LogP contribution in [0.4, 0.5) is 0 Å². The largest absolute Gasteiger partial charge is 0.497 e. The van der Waals surface area contributed by atoms with E-state index in [4.69, 9.17) is 4.74 Å². The third-order valence-corrected chi connectivity index (χ3v) is 5.88. The summed E-state index contributed by atoms with van der Waals surface area (Å²) in [6.07, 6.45) is 2.02. The Balaban J connectivity index is 1.76. The number of nitrogens with zero attached hydrogens (tertiary/aromatic N) is 2. The molecule has 1 saturated heterocycles. The third-order valence-electron chi connectivity index (χ3n) is 4.88. The van der Waals surface area contributed by atoms with Crippen molar-refractivity contribution < 1.29 is 14.6 Å². The molecule has 1 N–H and O–H groups in total. The van der Waals surface area contributed by atoms with Gasteiger partial charge in [0, 0.05) is 30.5 Å². The predicted molar refractivity (Wildman–Crippen MR) is 92.9 cm³/mol. The first-order valence-corrected chi connectivity index (χ1v) is 8.87. The number of hydrogen-bond donors (Lipinski definition) is 1. The van der Waals surface area contributed by atoms with Gasteiger partial charge in [-0.3, -0.25) is 4.79 Å². The first-order valence-electron chi connectivity index (χ1n) is 7.99. The molecule has 1 fully saturated rings. The molecule has 1 aromatic carbocycles. The SMILES string of the molecule is COc1ccc([C@H](C)N2C[C@H]([C@@](C)(O)c3nccs3)CC2=O)cc1. The maximum Gasteiger partial charge on any atom is 0.223 e. The van der Waals surface area contributed by atoms with E-state index in [1.54, 1.807) is 20.2 Å². The van der Waals surface area contributed by atoms with Crippen LogP contribution in [-0.2, 0) is 10.4 Å². The van der Waals surface area contributed by atoms with Crippen LogP contribution in [0.25, 0.3) is 0 Å². The second-order valence-corrected chi connectivity index (χ2v) is 7.28. The molecule has 0 unspecified atom stereocenters. The van der Waals surface area contributed by atoms with Crippen molar-refractivity contribution in [3.05, 3.63) is 46.4 Å². The monoisotopic (exact) mass is 346 g/mol. The van der Waals surface area contributed by atoms with Crippen LogP contribution in [0, 0.1) is 5.92 Å². The number of rotatable bonds is 5. The van der Waals surface area contributed by atoms with E-state index in [0.29, 0.717) is 18.0 Å². The summed E-state index contributed by atoms with van der Waals surface area (Å²) in [5.74, 6) is 0.709. The molecule has 1 aromatic heterocycles. The van der Waals surface area contributed by atoms with E-state index in [1.165, 1.54) is 11.3 Å². The number of aromatic nitrogens is 1. The maximum atomic E-state index is 12.5. The Morgan fingerprint density at radius 1 is 1.42 bits per heavy atom. The molecule has 5 nitrogen and oxygen atoms in total. The van der Waals surface area contributed by atoms with Crippen LogP contribution in [0.2, 0.25) is 0 Å². The lowest BCUT2D eigenvalue weighted by molar-refractivity contribution is -0.129. The molecule has 24 heavy (non-hydrogen) atoms. The van der Waals surface area contributed by atoms with Crippen molar-refractivity contribution in [1.82, 2.24) is 9.88 Å². The van der Waals surface area contributed by atoms with Gasteiger partial charge in [-0.1, -0.05) is 12.1 Å². The molecule has 1 aliphatic rings. The van der Waals surface area contributed by atoms with Crippen LogP contribution in [-0.4, -0.2) is 34.6 Å². The van der Waals surface area contributed by atoms with Crippen molar-refractivity contribution >= 4 is 17.2 Å². The maximum absolute atomic E-state index is 12.5. The summed E-state index contributed by atoms with van der Waals surface area (Å²) in [6.45, 7) is 4.30. The van der Waals surface area contributed by atoms with Crippen molar-refractivity contribution in [2.24, 2.45) is 5.92 Å². The van der Waals surface area contributed by atoms with E-state index in [-0.39, 0.29) is 17.9 Å². The molecule has 128 valence electrons. The summed E-state index contributed by atoms with van der Waals surface area (Å²) in [5.41, 5.74) is -0.0308. The predicted octanol–water partition coefficient (Wildman–Crippen LogP) is 2.97. The van der Waals surface area contributed by atoms with Gasteiger partial charge in [0.2, 0.25) is 5.91 Å². The van der Waals surface area contributed by atoms with Gasteiger partial charge in [0.25, 0.3) is 0 Å². The zero-order valence-corrected chi connectivity index (χ0v) is 14.9. The third kappa shape index (κ3) is 3.03. The van der Waals surface area contributed by atoms with Crippen molar-refractivity contribution in [1.29, 1.82) is 0 Å². The average Bonchev–Trinajstić information content (AvgIpc) is 3.24. The Morgan fingerprint density at radius 3 is 2.71 bits per heavy atom. The molecule has 0 aliphatic carbocycles. The fourth-order valence-electron chi connectivity index (χ4n) is 3.19. The van der Waals surface area contributed by atoms with Gasteiger partial charge in [-0.25, -0.2) is 4.98 Å². The van der Waals surface area contributed by atoms with E-state index >= 15 is 0 Å². The fraction of sp³-hybridized carbons (Fsp3) is 0.444. The Hall–Kier alpha value is -1.92. The topological polar surface area (TPSA) is 62.7 Å². The van der Waals surface area contributed by atoms with Crippen molar-refractivity contribution in [2.45, 2.75) is 31.9 Å². The number of aliphatic hydroxyl groups is 1. The molecule has 3 atom stereocenters. The van der Waals surface area contributed by atoms with E-state index in [2.05, 4.69) is 4.98 Å². The van der Waals surface area contributed by atoms with Gasteiger partial charge in [0.15, 0.2) is 0 Å². The van der Waals surface area contributed by atoms with Gasteiger partial charge in [-0.15, -0.1) is 11.3 Å². The molecule has 2 aromatic rings. The number of thiazole rings is 1. The molecular weight excluding hydrogens is 324 g/mol. The van der Waals surface area contributed by atoms with E-state index in [0.717, 1.165) is 11.3 Å². The van der Waals surface area contributed by atoms with E-state index in [9.17, 15) is 9.90 Å². The molecule has 0 bridgehead atoms. The van der Waals surface area contributed by atoms with Gasteiger partial charge in [-0.05, 0) is 31.5 Å². The molecule has 1 aliphatic heterocycles. The van der Waals surface area contributed by atoms with Gasteiger partial charge in [-0.2, -0.15) is 0 Å². The van der Waals surface area contributed by atoms with E-state index < -0.39 is 5.60 Å². The summed E-state index contributed by atoms with van der Waals surface area (Å²) < 4.78 is 5.18. The Bertz CT molecular complexity index is 698. The number of methoxy groups -OCH3 is 1. The first kappa shape index (κ1) is 16.9. The van der Waals surface area contributed by atoms with Crippen LogP contribution in [0.5, 0.6) is 5.75 Å². The van der Waals surface area contributed by atoms with Gasteiger partial charge in [0.1, 0.15) is 16.4 Å². The first-order chi connectivity index (χ1) is 11.4. The zero-order chi connectivity index (χ0) is 17.3. The van der Waals surface area contributed by atoms with E-state index in [1.807, 2.05) is 41.5 Å². The molecular formula is C18H22N2O3S. The van der Waals surface area contributed by atoms with Crippen molar-refractivity contribution in [2.75, 3.05) is 13.7 Å². The lowest BCUT2D eigenvalue weighted by Gasteiger charge is -2.29. The van der Waals surface area contributed by atoms with Gasteiger partial charge < -0.3 is 14.7 Å². The summed E-state index contributed by atoms with van der Waals surface area (Å²) in [6, 6.07) is 7.71. The quantitative estimate of drug-likeness (QED) is 0.904. The molecule has 0 radical (unpaired) electrons. The number of carbonyl (C=O) groups excluding carboxylic acids is 1. The van der Waals surface area contributed by atoms with Crippen LogP contribution in [0.1, 0.15) is 36.9 Å². The molecule has 2 heterocycles. The van der Waals surface area contributed by atoms with Gasteiger partial charge >= 0.3 is 0 Å². The minimum Gasteiger partial charge on any atom is -0.497 e. The number of amides is 1. The fourth-order valence-corrected chi connectivity index (χ4v) is 3.97. The van der Waals surface area contributed by atoms with Crippen LogP contribution < -0.4 is 4.74 Å². The average molecular weight is 346 g/mol. The Labute approximate surface area is 145 Å². The van der Waals surface area contributed by atoms with Crippen LogP contribution in [0.3, 0.4) is 0 Å². The minimum atomic E-state index is -1.09. The lowest BCUT2D eigenvalue weighted by Crippen LogP contribution is -2.35. The number of carbonyl (C=O) groups is 1. The smallest absolute Gasteiger partial charge is 0.223 e. The Kier molecular flexibility index (Phi) is 4.60. The molecule has 6 heteroatoms. The van der Waals surface area contributed by atoms with Crippen molar-refractivity contribution in [3.63, 3.8) is 0 Å². The standard InChI is InChI=1S/C18H22N2O3S/c1-12(13-4-6-15(23-3)7-5-13)20-11-14(10-16(20)21)18(2,22)17-19-8-9-24-17/h4-9,12,14,22H,10-11H2,1-3H3/t12-,14+,18+/m0/s1. The zero-order valence-electron chi connectivity index (χ0n) is 14.1. The second kappa shape index (κ2) is 6.53. The number of hydrogen-bond acceptors (Lipinski definition) is 5. The molecule has 1 amide bonds. The normalized spacial score (nSPS) is 21.6. The van der Waals surface area contributed by atoms with Crippen LogP contribution >= 0.6 is 11.3 Å². The lowest BCUT2D eigenvalue weighted by atomic mass is 9.89.